The largest absolute Gasteiger partial charge is 0.460 e. The number of benzene rings is 1. The Balaban J connectivity index is 1.96. The van der Waals surface area contributed by atoms with Crippen LogP contribution in [0.4, 0.5) is 5.69 Å². The van der Waals surface area contributed by atoms with Gasteiger partial charge in [0.05, 0.1) is 34.0 Å². The quantitative estimate of drug-likeness (QED) is 0.242. The molecule has 0 spiro atoms. The summed E-state index contributed by atoms with van der Waals surface area (Å²) in [7, 11) is 0. The average Bonchev–Trinajstić information content (AvgIpc) is 3.08. The number of carbonyl (C=O) groups is 1. The molecule has 29 heavy (non-hydrogen) atoms. The van der Waals surface area contributed by atoms with E-state index in [1.807, 2.05) is 12.1 Å². The lowest BCUT2D eigenvalue weighted by Gasteiger charge is -2.22. The number of aromatic nitrogens is 2. The van der Waals surface area contributed by atoms with Crippen molar-refractivity contribution in [1.82, 2.24) is 9.55 Å². The van der Waals surface area contributed by atoms with E-state index in [4.69, 9.17) is 10.1 Å². The first-order chi connectivity index (χ1) is 13.9. The summed E-state index contributed by atoms with van der Waals surface area (Å²) in [6.45, 7) is 1.28. The first-order valence-corrected chi connectivity index (χ1v) is 8.97. The molecule has 5 rings (SSSR count). The predicted octanol–water partition coefficient (Wildman–Crippen LogP) is 2.49. The second-order valence-electron chi connectivity index (χ2n) is 7.08. The first kappa shape index (κ1) is 17.2. The van der Waals surface area contributed by atoms with E-state index < -0.39 is 22.4 Å². The van der Waals surface area contributed by atoms with Crippen molar-refractivity contribution in [2.24, 2.45) is 0 Å². The van der Waals surface area contributed by atoms with Gasteiger partial charge in [0, 0.05) is 22.7 Å². The van der Waals surface area contributed by atoms with Gasteiger partial charge in [-0.2, -0.15) is 0 Å². The van der Waals surface area contributed by atoms with Crippen LogP contribution < -0.4 is 5.56 Å². The number of para-hydroxylation sites is 1. The summed E-state index contributed by atoms with van der Waals surface area (Å²) in [6.07, 6.45) is 1.18. The van der Waals surface area contributed by atoms with Crippen molar-refractivity contribution in [3.63, 3.8) is 0 Å². The van der Waals surface area contributed by atoms with Crippen LogP contribution in [0, 0.1) is 15.5 Å². The molecule has 4 heterocycles. The highest BCUT2D eigenvalue weighted by Crippen LogP contribution is 2.44. The topological polar surface area (TPSA) is 128 Å². The van der Waals surface area contributed by atoms with E-state index in [-0.39, 0.29) is 35.7 Å². The van der Waals surface area contributed by atoms with Crippen LogP contribution in [0.15, 0.2) is 29.1 Å². The van der Waals surface area contributed by atoms with Crippen molar-refractivity contribution >= 4 is 28.8 Å². The molecule has 2 aromatic heterocycles. The Labute approximate surface area is 163 Å². The van der Waals surface area contributed by atoms with E-state index >= 15 is 0 Å². The maximum Gasteiger partial charge on any atom is 0.313 e. The highest BCUT2D eigenvalue weighted by atomic mass is 16.6. The van der Waals surface area contributed by atoms with Gasteiger partial charge >= 0.3 is 5.97 Å². The number of nitrogens with zero attached hydrogens (tertiary/aromatic N) is 3. The van der Waals surface area contributed by atoms with E-state index in [9.17, 15) is 19.7 Å². The number of hydrogen-bond acceptors (Lipinski definition) is 7. The number of rotatable bonds is 2. The van der Waals surface area contributed by atoms with Crippen molar-refractivity contribution in [1.29, 1.82) is 5.41 Å². The van der Waals surface area contributed by atoms with Crippen LogP contribution in [0.1, 0.15) is 35.1 Å². The fourth-order valence-electron chi connectivity index (χ4n) is 4.30. The highest BCUT2D eigenvalue weighted by molar-refractivity contribution is 6.02. The molecule has 144 valence electrons. The van der Waals surface area contributed by atoms with E-state index in [0.717, 1.165) is 5.39 Å². The molecule has 0 aliphatic carbocycles. The number of nitro groups is 1. The number of nitrogens with one attached hydrogen (secondary N) is 1. The molecule has 1 aromatic carbocycles. The van der Waals surface area contributed by atoms with Crippen LogP contribution in [0.2, 0.25) is 0 Å². The standard InChI is InChI=1S/C20H14N4O5/c1-9-15-13(8-29-20(9)26)19(25)23-7-12-11(6-21)10-4-2-3-5-14(10)22-16(12)18(23)17(15)24(27)28/h2-6,9,21H,7-8H2,1H3. The Bertz CT molecular complexity index is 1340. The second-order valence-corrected chi connectivity index (χ2v) is 7.08. The zero-order chi connectivity index (χ0) is 20.4. The third-order valence-electron chi connectivity index (χ3n) is 5.63. The third kappa shape index (κ3) is 2.15. The molecular formula is C20H14N4O5. The molecule has 1 atom stereocenters. The van der Waals surface area contributed by atoms with Gasteiger partial charge in [0.1, 0.15) is 18.0 Å². The minimum Gasteiger partial charge on any atom is -0.460 e. The lowest BCUT2D eigenvalue weighted by Crippen LogP contribution is -2.33. The predicted molar refractivity (Wildman–Crippen MR) is 103 cm³/mol. The number of ether oxygens (including phenoxy) is 1. The number of fused-ring (bicyclic) bond motifs is 5. The molecule has 0 radical (unpaired) electrons. The van der Waals surface area contributed by atoms with Crippen molar-refractivity contribution in [2.75, 3.05) is 0 Å². The monoisotopic (exact) mass is 390 g/mol. The molecule has 3 aromatic rings. The van der Waals surface area contributed by atoms with E-state index in [1.165, 1.54) is 17.7 Å². The molecule has 0 saturated carbocycles. The molecule has 0 bridgehead atoms. The smallest absolute Gasteiger partial charge is 0.313 e. The Hall–Kier alpha value is -3.88. The summed E-state index contributed by atoms with van der Waals surface area (Å²) in [5.41, 5.74) is 1.62. The minimum atomic E-state index is -0.926. The summed E-state index contributed by atoms with van der Waals surface area (Å²) in [5, 5.41) is 20.7. The fraction of sp³-hybridized carbons (Fsp3) is 0.200. The van der Waals surface area contributed by atoms with Crippen LogP contribution >= 0.6 is 0 Å². The molecule has 0 fully saturated rings. The van der Waals surface area contributed by atoms with Crippen molar-refractivity contribution in [2.45, 2.75) is 26.0 Å². The number of esters is 1. The fourth-order valence-corrected chi connectivity index (χ4v) is 4.30. The van der Waals surface area contributed by atoms with Gasteiger partial charge in [-0.1, -0.05) is 18.2 Å². The van der Waals surface area contributed by atoms with Crippen molar-refractivity contribution in [3.05, 3.63) is 67.0 Å². The molecule has 0 amide bonds. The first-order valence-electron chi connectivity index (χ1n) is 8.97. The third-order valence-corrected chi connectivity index (χ3v) is 5.63. The molecule has 1 N–H and O–H groups in total. The van der Waals surface area contributed by atoms with Crippen LogP contribution in [0.3, 0.4) is 0 Å². The zero-order valence-electron chi connectivity index (χ0n) is 15.3. The zero-order valence-corrected chi connectivity index (χ0v) is 15.3. The van der Waals surface area contributed by atoms with Gasteiger partial charge in [0.25, 0.3) is 11.2 Å². The summed E-state index contributed by atoms with van der Waals surface area (Å²) >= 11 is 0. The van der Waals surface area contributed by atoms with Gasteiger partial charge < -0.3 is 10.1 Å². The summed E-state index contributed by atoms with van der Waals surface area (Å²) in [5.74, 6) is -1.53. The van der Waals surface area contributed by atoms with Gasteiger partial charge in [-0.3, -0.25) is 24.3 Å². The van der Waals surface area contributed by atoms with Gasteiger partial charge in [-0.05, 0) is 13.0 Å². The summed E-state index contributed by atoms with van der Waals surface area (Å²) < 4.78 is 6.36. The Morgan fingerprint density at radius 3 is 2.79 bits per heavy atom. The lowest BCUT2D eigenvalue weighted by molar-refractivity contribution is -0.385. The lowest BCUT2D eigenvalue weighted by atomic mass is 9.91. The molecule has 9 heteroatoms. The molecule has 1 unspecified atom stereocenters. The van der Waals surface area contributed by atoms with Crippen molar-refractivity contribution in [3.8, 4) is 11.4 Å². The normalized spacial score (nSPS) is 16.7. The Morgan fingerprint density at radius 2 is 2.07 bits per heavy atom. The number of carbonyl (C=O) groups excluding carboxylic acids is 1. The number of cyclic esters (lactones) is 1. The Morgan fingerprint density at radius 1 is 1.31 bits per heavy atom. The molecule has 2 aliphatic rings. The average molecular weight is 390 g/mol. The maximum atomic E-state index is 13.2. The van der Waals surface area contributed by atoms with Crippen LogP contribution in [-0.4, -0.2) is 26.7 Å². The van der Waals surface area contributed by atoms with E-state index in [0.29, 0.717) is 22.3 Å². The van der Waals surface area contributed by atoms with Crippen LogP contribution in [0.25, 0.3) is 22.3 Å². The van der Waals surface area contributed by atoms with Gasteiger partial charge in [-0.25, -0.2) is 4.98 Å². The molecular weight excluding hydrogens is 376 g/mol. The number of hydrogen-bond donors (Lipinski definition) is 1. The van der Waals surface area contributed by atoms with Crippen LogP contribution in [-0.2, 0) is 22.7 Å². The summed E-state index contributed by atoms with van der Waals surface area (Å²) in [6, 6.07) is 7.19. The van der Waals surface area contributed by atoms with Gasteiger partial charge in [-0.15, -0.1) is 0 Å². The van der Waals surface area contributed by atoms with Gasteiger partial charge in [0.15, 0.2) is 0 Å². The minimum absolute atomic E-state index is 0.0719. The SMILES string of the molecule is CC1C(=O)OCc2c1c([N+](=O)[O-])c1n(c2=O)Cc2c-1nc1ccccc1c2C=N. The Kier molecular flexibility index (Phi) is 3.45. The number of pyridine rings is 2. The molecule has 0 saturated heterocycles. The van der Waals surface area contributed by atoms with E-state index in [1.54, 1.807) is 12.1 Å². The van der Waals surface area contributed by atoms with E-state index in [2.05, 4.69) is 4.98 Å². The molecule has 2 aliphatic heterocycles. The van der Waals surface area contributed by atoms with Crippen molar-refractivity contribution < 1.29 is 14.5 Å². The van der Waals surface area contributed by atoms with Crippen LogP contribution in [0.5, 0.6) is 0 Å². The highest BCUT2D eigenvalue weighted by Gasteiger charge is 2.42. The molecule has 9 nitrogen and oxygen atoms in total. The maximum absolute atomic E-state index is 13.2. The summed E-state index contributed by atoms with van der Waals surface area (Å²) in [4.78, 5) is 41.4. The van der Waals surface area contributed by atoms with Gasteiger partial charge in [0.2, 0.25) is 0 Å². The second kappa shape index (κ2) is 5.81.